The highest BCUT2D eigenvalue weighted by molar-refractivity contribution is 5.89. The Morgan fingerprint density at radius 3 is 2.62 bits per heavy atom. The van der Waals surface area contributed by atoms with E-state index >= 15 is 0 Å². The second-order valence-corrected chi connectivity index (χ2v) is 10.8. The first-order valence-electron chi connectivity index (χ1n) is 13.6. The molecule has 39 heavy (non-hydrogen) atoms. The number of ether oxygens (including phenoxy) is 2. The highest BCUT2D eigenvalue weighted by atomic mass is 16.6. The lowest BCUT2D eigenvalue weighted by Crippen LogP contribution is -2.47. The molecule has 0 unspecified atom stereocenters. The number of pyridine rings is 2. The van der Waals surface area contributed by atoms with Crippen molar-refractivity contribution >= 4 is 22.8 Å². The van der Waals surface area contributed by atoms with Gasteiger partial charge in [0.1, 0.15) is 13.2 Å². The standard InChI is InChI=1S/C30H35N3O6/c1-6-30(39-18(4)5)23-13-25-27-21(14-33(25)28(36)22(23)16-38-29(30)37)19(20-9-7-8-10-24(20)31-27)11-12-32(17(2)3)26(35)15-34/h7-10,13,17-18,34H,6,11-12,14-16H2,1-5H3/t30-/m0/s1. The Morgan fingerprint density at radius 2 is 1.95 bits per heavy atom. The quantitative estimate of drug-likeness (QED) is 0.346. The minimum absolute atomic E-state index is 0.0713. The highest BCUT2D eigenvalue weighted by Gasteiger charge is 2.48. The van der Waals surface area contributed by atoms with Crippen molar-refractivity contribution in [2.75, 3.05) is 13.2 Å². The molecule has 0 fully saturated rings. The summed E-state index contributed by atoms with van der Waals surface area (Å²) in [5, 5.41) is 10.4. The molecule has 0 aliphatic carbocycles. The first-order valence-corrected chi connectivity index (χ1v) is 13.6. The monoisotopic (exact) mass is 533 g/mol. The Kier molecular flexibility index (Phi) is 7.07. The van der Waals surface area contributed by atoms with Crippen LogP contribution in [0.15, 0.2) is 35.1 Å². The van der Waals surface area contributed by atoms with Crippen LogP contribution in [0, 0.1) is 0 Å². The van der Waals surface area contributed by atoms with E-state index in [9.17, 15) is 19.5 Å². The maximum Gasteiger partial charge on any atom is 0.343 e. The minimum atomic E-state index is -1.36. The number of aromatic nitrogens is 2. The summed E-state index contributed by atoms with van der Waals surface area (Å²) in [5.74, 6) is -0.804. The summed E-state index contributed by atoms with van der Waals surface area (Å²) < 4.78 is 13.4. The summed E-state index contributed by atoms with van der Waals surface area (Å²) in [7, 11) is 0. The van der Waals surface area contributed by atoms with Crippen molar-refractivity contribution in [2.45, 2.75) is 78.4 Å². The van der Waals surface area contributed by atoms with Gasteiger partial charge in [-0.1, -0.05) is 25.1 Å². The number of fused-ring (bicyclic) bond motifs is 5. The van der Waals surface area contributed by atoms with Gasteiger partial charge in [0.2, 0.25) is 5.91 Å². The smallest absolute Gasteiger partial charge is 0.343 e. The number of carbonyl (C=O) groups is 2. The van der Waals surface area contributed by atoms with Crippen LogP contribution in [0.3, 0.4) is 0 Å². The van der Waals surface area contributed by atoms with Gasteiger partial charge >= 0.3 is 5.97 Å². The third kappa shape index (κ3) is 4.33. The Labute approximate surface area is 227 Å². The van der Waals surface area contributed by atoms with E-state index in [2.05, 4.69) is 0 Å². The molecule has 4 heterocycles. The summed E-state index contributed by atoms with van der Waals surface area (Å²) in [6, 6.07) is 9.63. The van der Waals surface area contributed by atoms with Crippen LogP contribution < -0.4 is 5.56 Å². The molecular weight excluding hydrogens is 498 g/mol. The second-order valence-electron chi connectivity index (χ2n) is 10.8. The topological polar surface area (TPSA) is 111 Å². The molecule has 2 aliphatic rings. The molecule has 2 aliphatic heterocycles. The molecule has 1 aromatic carbocycles. The van der Waals surface area contributed by atoms with E-state index in [0.717, 1.165) is 22.0 Å². The predicted octanol–water partition coefficient (Wildman–Crippen LogP) is 3.28. The maximum absolute atomic E-state index is 13.9. The zero-order chi connectivity index (χ0) is 28.1. The molecule has 3 aromatic rings. The number of carbonyl (C=O) groups excluding carboxylic acids is 2. The number of esters is 1. The van der Waals surface area contributed by atoms with Gasteiger partial charge in [-0.15, -0.1) is 0 Å². The van der Waals surface area contributed by atoms with E-state index in [1.165, 1.54) is 0 Å². The maximum atomic E-state index is 13.9. The van der Waals surface area contributed by atoms with Gasteiger partial charge in [0.25, 0.3) is 5.56 Å². The van der Waals surface area contributed by atoms with E-state index in [1.807, 2.05) is 65.0 Å². The molecule has 9 heteroatoms. The minimum Gasteiger partial charge on any atom is -0.458 e. The number of rotatable bonds is 8. The van der Waals surface area contributed by atoms with Gasteiger partial charge in [0.05, 0.1) is 35.1 Å². The van der Waals surface area contributed by atoms with Crippen molar-refractivity contribution in [3.8, 4) is 11.4 Å². The first-order chi connectivity index (χ1) is 18.6. The largest absolute Gasteiger partial charge is 0.458 e. The van der Waals surface area contributed by atoms with Gasteiger partial charge in [-0.05, 0) is 58.2 Å². The SMILES string of the molecule is CC[C@@]1(OC(C)C)C(=O)OCc2c1cc1n(c2=O)Cc2c-1nc1ccccc1c2CCN(C(=O)CO)C(C)C. The highest BCUT2D eigenvalue weighted by Crippen LogP contribution is 2.42. The molecule has 0 radical (unpaired) electrons. The Hall–Kier alpha value is -3.56. The summed E-state index contributed by atoms with van der Waals surface area (Å²) in [4.78, 5) is 46.0. The van der Waals surface area contributed by atoms with Crippen LogP contribution in [0.2, 0.25) is 0 Å². The number of amides is 1. The van der Waals surface area contributed by atoms with Crippen LogP contribution in [-0.2, 0) is 44.2 Å². The lowest BCUT2D eigenvalue weighted by molar-refractivity contribution is -0.187. The Morgan fingerprint density at radius 1 is 1.21 bits per heavy atom. The Bertz CT molecular complexity index is 1530. The number of cyclic esters (lactones) is 1. The summed E-state index contributed by atoms with van der Waals surface area (Å²) in [5.41, 5.74) is 3.47. The predicted molar refractivity (Wildman–Crippen MR) is 146 cm³/mol. The fraction of sp³-hybridized carbons (Fsp3) is 0.467. The molecule has 9 nitrogen and oxygen atoms in total. The lowest BCUT2D eigenvalue weighted by Gasteiger charge is -2.37. The van der Waals surface area contributed by atoms with Crippen LogP contribution >= 0.6 is 0 Å². The third-order valence-electron chi connectivity index (χ3n) is 7.80. The zero-order valence-corrected chi connectivity index (χ0v) is 23.1. The summed E-state index contributed by atoms with van der Waals surface area (Å²) >= 11 is 0. The van der Waals surface area contributed by atoms with E-state index in [1.54, 1.807) is 9.47 Å². The fourth-order valence-corrected chi connectivity index (χ4v) is 5.98. The van der Waals surface area contributed by atoms with Gasteiger partial charge < -0.3 is 24.0 Å². The third-order valence-corrected chi connectivity index (χ3v) is 7.80. The van der Waals surface area contributed by atoms with Gasteiger partial charge in [0, 0.05) is 29.1 Å². The Balaban J connectivity index is 1.69. The van der Waals surface area contributed by atoms with E-state index < -0.39 is 18.2 Å². The lowest BCUT2D eigenvalue weighted by atomic mass is 9.85. The van der Waals surface area contributed by atoms with Gasteiger partial charge in [-0.3, -0.25) is 9.59 Å². The molecule has 1 N–H and O–H groups in total. The van der Waals surface area contributed by atoms with E-state index in [-0.39, 0.29) is 30.2 Å². The normalized spacial score (nSPS) is 17.8. The van der Waals surface area contributed by atoms with Crippen LogP contribution in [0.5, 0.6) is 0 Å². The van der Waals surface area contributed by atoms with Crippen molar-refractivity contribution in [1.82, 2.24) is 14.5 Å². The molecule has 1 atom stereocenters. The van der Waals surface area contributed by atoms with Gasteiger partial charge in [0.15, 0.2) is 5.60 Å². The number of nitrogens with zero attached hydrogens (tertiary/aromatic N) is 3. The fourth-order valence-electron chi connectivity index (χ4n) is 5.98. The van der Waals surface area contributed by atoms with Gasteiger partial charge in [-0.2, -0.15) is 0 Å². The van der Waals surface area contributed by atoms with Crippen LogP contribution in [-0.4, -0.2) is 56.7 Å². The number of para-hydroxylation sites is 1. The average molecular weight is 534 g/mol. The van der Waals surface area contributed by atoms with Crippen LogP contribution in [0.1, 0.15) is 63.3 Å². The zero-order valence-electron chi connectivity index (χ0n) is 23.1. The molecule has 2 aromatic heterocycles. The number of hydrogen-bond donors (Lipinski definition) is 1. The number of benzene rings is 1. The summed E-state index contributed by atoms with van der Waals surface area (Å²) in [6.45, 7) is 9.53. The van der Waals surface area contributed by atoms with Crippen LogP contribution in [0.4, 0.5) is 0 Å². The van der Waals surface area contributed by atoms with Crippen molar-refractivity contribution < 1.29 is 24.2 Å². The van der Waals surface area contributed by atoms with Gasteiger partial charge in [-0.25, -0.2) is 9.78 Å². The molecule has 0 saturated heterocycles. The molecule has 1 amide bonds. The molecule has 0 spiro atoms. The molecule has 5 rings (SSSR count). The summed E-state index contributed by atoms with van der Waals surface area (Å²) in [6.07, 6.45) is 0.604. The van der Waals surface area contributed by atoms with E-state index in [4.69, 9.17) is 14.5 Å². The average Bonchev–Trinajstić information content (AvgIpc) is 3.28. The van der Waals surface area contributed by atoms with Crippen molar-refractivity contribution in [3.63, 3.8) is 0 Å². The van der Waals surface area contributed by atoms with Crippen LogP contribution in [0.25, 0.3) is 22.3 Å². The number of aliphatic hydroxyl groups is 1. The number of hydrogen-bond acceptors (Lipinski definition) is 7. The van der Waals surface area contributed by atoms with Crippen molar-refractivity contribution in [3.05, 3.63) is 62.9 Å². The van der Waals surface area contributed by atoms with Crippen molar-refractivity contribution in [2.24, 2.45) is 0 Å². The molecule has 206 valence electrons. The number of aliphatic hydroxyl groups excluding tert-OH is 1. The molecule has 0 bridgehead atoms. The first kappa shape index (κ1) is 27.0. The molecule has 0 saturated carbocycles. The van der Waals surface area contributed by atoms with E-state index in [0.29, 0.717) is 48.4 Å². The molecular formula is C30H35N3O6. The second kappa shape index (κ2) is 10.2. The van der Waals surface area contributed by atoms with Crippen molar-refractivity contribution in [1.29, 1.82) is 0 Å².